The number of alkyl halides is 3. The van der Waals surface area contributed by atoms with Gasteiger partial charge in [-0.3, -0.25) is 0 Å². The minimum atomic E-state index is -4.34. The third-order valence-electron chi connectivity index (χ3n) is 3.00. The van der Waals surface area contributed by atoms with Crippen molar-refractivity contribution in [3.8, 4) is 0 Å². The Kier molecular flexibility index (Phi) is 3.01. The first-order valence-electron chi connectivity index (χ1n) is 5.18. The minimum absolute atomic E-state index is 0.0877. The smallest absolute Gasteiger partial charge is 0.374 e. The van der Waals surface area contributed by atoms with Crippen molar-refractivity contribution < 1.29 is 18.0 Å². The molecule has 0 aromatic heterocycles. The monoisotopic (exact) mass is 246 g/mol. The van der Waals surface area contributed by atoms with Crippen LogP contribution in [0.25, 0.3) is 0 Å². The molecular formula is C11H13F3N2O. The van der Waals surface area contributed by atoms with Gasteiger partial charge in [-0.15, -0.1) is 0 Å². The summed E-state index contributed by atoms with van der Waals surface area (Å²) in [5.41, 5.74) is 0.288. The van der Waals surface area contributed by atoms with Crippen LogP contribution in [0, 0.1) is 0 Å². The van der Waals surface area contributed by atoms with Crippen molar-refractivity contribution in [1.29, 1.82) is 0 Å². The van der Waals surface area contributed by atoms with Gasteiger partial charge in [-0.1, -0.05) is 6.07 Å². The lowest BCUT2D eigenvalue weighted by Gasteiger charge is -2.15. The number of anilines is 1. The predicted octanol–water partition coefficient (Wildman–Crippen LogP) is 2.13. The van der Waals surface area contributed by atoms with Crippen molar-refractivity contribution in [1.82, 2.24) is 0 Å². The molecule has 3 nitrogen and oxygen atoms in total. The second kappa shape index (κ2) is 4.19. The van der Waals surface area contributed by atoms with Crippen LogP contribution in [-0.2, 0) is 11.0 Å². The molecule has 0 saturated carbocycles. The van der Waals surface area contributed by atoms with Gasteiger partial charge in [0.1, 0.15) is 0 Å². The van der Waals surface area contributed by atoms with E-state index in [2.05, 4.69) is 4.84 Å². The van der Waals surface area contributed by atoms with Crippen LogP contribution in [0.15, 0.2) is 18.2 Å². The van der Waals surface area contributed by atoms with Gasteiger partial charge in [0, 0.05) is 25.2 Å². The summed E-state index contributed by atoms with van der Waals surface area (Å²) in [7, 11) is 1.76. The molecular weight excluding hydrogens is 233 g/mol. The van der Waals surface area contributed by atoms with E-state index in [9.17, 15) is 13.2 Å². The maximum absolute atomic E-state index is 12.9. The maximum atomic E-state index is 12.9. The van der Waals surface area contributed by atoms with Crippen LogP contribution in [0.2, 0.25) is 0 Å². The zero-order valence-electron chi connectivity index (χ0n) is 9.29. The van der Waals surface area contributed by atoms with E-state index < -0.39 is 11.7 Å². The number of rotatable bonds is 2. The Balaban J connectivity index is 2.51. The highest BCUT2D eigenvalue weighted by Gasteiger charge is 2.39. The first kappa shape index (κ1) is 12.2. The first-order valence-corrected chi connectivity index (χ1v) is 5.18. The molecule has 0 aliphatic carbocycles. The number of benzene rings is 1. The Morgan fingerprint density at radius 1 is 1.47 bits per heavy atom. The molecule has 1 aliphatic rings. The number of likely N-dealkylation sites (N-methyl/N-ethyl adjacent to an activating group) is 1. The summed E-state index contributed by atoms with van der Waals surface area (Å²) in [6.07, 6.45) is -4.34. The first-order chi connectivity index (χ1) is 7.95. The lowest BCUT2D eigenvalue weighted by Crippen LogP contribution is -2.20. The summed E-state index contributed by atoms with van der Waals surface area (Å²) < 4.78 is 38.7. The zero-order chi connectivity index (χ0) is 12.6. The average molecular weight is 246 g/mol. The lowest BCUT2D eigenvalue weighted by molar-refractivity contribution is -0.138. The Morgan fingerprint density at radius 3 is 2.76 bits per heavy atom. The van der Waals surface area contributed by atoms with Gasteiger partial charge in [0.2, 0.25) is 0 Å². The normalized spacial score (nSPS) is 19.6. The lowest BCUT2D eigenvalue weighted by atomic mass is 9.96. The molecule has 17 heavy (non-hydrogen) atoms. The van der Waals surface area contributed by atoms with E-state index in [1.165, 1.54) is 6.07 Å². The highest BCUT2D eigenvalue weighted by Crippen LogP contribution is 2.43. The Labute approximate surface area is 96.9 Å². The van der Waals surface area contributed by atoms with Gasteiger partial charge in [-0.25, -0.2) is 5.90 Å². The molecule has 1 atom stereocenters. The fourth-order valence-electron chi connectivity index (χ4n) is 2.33. The standard InChI is InChI=1S/C11H13F3N2O/c1-16-5-7(6-17-15)10-8(11(12,13)14)3-2-4-9(10)16/h2-4,7H,5-6,15H2,1H3. The van der Waals surface area contributed by atoms with Crippen molar-refractivity contribution in [2.24, 2.45) is 5.90 Å². The predicted molar refractivity (Wildman–Crippen MR) is 57.6 cm³/mol. The topological polar surface area (TPSA) is 38.5 Å². The second-order valence-electron chi connectivity index (χ2n) is 4.15. The summed E-state index contributed by atoms with van der Waals surface area (Å²) in [4.78, 5) is 6.29. The average Bonchev–Trinajstić information content (AvgIpc) is 2.55. The van der Waals surface area contributed by atoms with Crippen LogP contribution in [0.1, 0.15) is 17.0 Å². The van der Waals surface area contributed by atoms with Crippen LogP contribution in [0.4, 0.5) is 18.9 Å². The molecule has 2 N–H and O–H groups in total. The summed E-state index contributed by atoms with van der Waals surface area (Å²) in [5.74, 6) is 4.63. The molecule has 94 valence electrons. The third-order valence-corrected chi connectivity index (χ3v) is 3.00. The maximum Gasteiger partial charge on any atom is 0.416 e. The van der Waals surface area contributed by atoms with Crippen molar-refractivity contribution in [3.63, 3.8) is 0 Å². The number of nitrogens with two attached hydrogens (primary N) is 1. The molecule has 2 rings (SSSR count). The van der Waals surface area contributed by atoms with Crippen LogP contribution in [-0.4, -0.2) is 20.2 Å². The molecule has 0 radical (unpaired) electrons. The number of halogens is 3. The van der Waals surface area contributed by atoms with E-state index in [0.717, 1.165) is 6.07 Å². The molecule has 0 bridgehead atoms. The van der Waals surface area contributed by atoms with E-state index in [4.69, 9.17) is 5.90 Å². The van der Waals surface area contributed by atoms with E-state index in [1.807, 2.05) is 0 Å². The van der Waals surface area contributed by atoms with Crippen LogP contribution >= 0.6 is 0 Å². The quantitative estimate of drug-likeness (QED) is 0.812. The van der Waals surface area contributed by atoms with Gasteiger partial charge in [0.25, 0.3) is 0 Å². The molecule has 1 heterocycles. The van der Waals surface area contributed by atoms with Gasteiger partial charge in [0.05, 0.1) is 12.2 Å². The van der Waals surface area contributed by atoms with Crippen LogP contribution in [0.5, 0.6) is 0 Å². The number of hydrogen-bond acceptors (Lipinski definition) is 3. The van der Waals surface area contributed by atoms with E-state index in [-0.39, 0.29) is 18.1 Å². The Bertz CT molecular complexity index is 420. The Morgan fingerprint density at radius 2 is 2.18 bits per heavy atom. The fourth-order valence-corrected chi connectivity index (χ4v) is 2.33. The molecule has 1 aromatic carbocycles. The minimum Gasteiger partial charge on any atom is -0.374 e. The van der Waals surface area contributed by atoms with E-state index in [0.29, 0.717) is 12.2 Å². The van der Waals surface area contributed by atoms with Crippen LogP contribution in [0.3, 0.4) is 0 Å². The molecule has 0 saturated heterocycles. The molecule has 1 aliphatic heterocycles. The number of hydrogen-bond donors (Lipinski definition) is 1. The summed E-state index contributed by atoms with van der Waals surface area (Å²) >= 11 is 0. The molecule has 1 unspecified atom stereocenters. The molecule has 0 spiro atoms. The summed E-state index contributed by atoms with van der Waals surface area (Å²) in [6, 6.07) is 4.20. The highest BCUT2D eigenvalue weighted by atomic mass is 19.4. The SMILES string of the molecule is CN1CC(CON)c2c1cccc2C(F)(F)F. The fraction of sp³-hybridized carbons (Fsp3) is 0.455. The number of nitrogens with zero attached hydrogens (tertiary/aromatic N) is 1. The largest absolute Gasteiger partial charge is 0.416 e. The van der Waals surface area contributed by atoms with Crippen molar-refractivity contribution in [3.05, 3.63) is 29.3 Å². The van der Waals surface area contributed by atoms with Crippen LogP contribution < -0.4 is 10.8 Å². The van der Waals surface area contributed by atoms with Crippen molar-refractivity contribution >= 4 is 5.69 Å². The highest BCUT2D eigenvalue weighted by molar-refractivity contribution is 5.63. The molecule has 0 fully saturated rings. The van der Waals surface area contributed by atoms with Crippen molar-refractivity contribution in [2.75, 3.05) is 25.1 Å². The van der Waals surface area contributed by atoms with Gasteiger partial charge in [-0.2, -0.15) is 13.2 Å². The van der Waals surface area contributed by atoms with E-state index in [1.54, 1.807) is 18.0 Å². The number of fused-ring (bicyclic) bond motifs is 1. The third kappa shape index (κ3) is 2.10. The zero-order valence-corrected chi connectivity index (χ0v) is 9.29. The summed E-state index contributed by atoms with van der Waals surface area (Å²) in [6.45, 7) is 0.573. The molecule has 0 amide bonds. The van der Waals surface area contributed by atoms with Gasteiger partial charge < -0.3 is 9.74 Å². The molecule has 1 aromatic rings. The molecule has 6 heteroatoms. The van der Waals surface area contributed by atoms with E-state index >= 15 is 0 Å². The van der Waals surface area contributed by atoms with Crippen molar-refractivity contribution in [2.45, 2.75) is 12.1 Å². The van der Waals surface area contributed by atoms with Gasteiger partial charge in [0.15, 0.2) is 0 Å². The summed E-state index contributed by atoms with van der Waals surface area (Å²) in [5, 5.41) is 0. The van der Waals surface area contributed by atoms with Gasteiger partial charge >= 0.3 is 6.18 Å². The second-order valence-corrected chi connectivity index (χ2v) is 4.15. The Hall–Kier alpha value is -1.27. The van der Waals surface area contributed by atoms with Gasteiger partial charge in [-0.05, 0) is 17.7 Å².